The van der Waals surface area contributed by atoms with E-state index in [1.807, 2.05) is 12.3 Å². The molecule has 16 heavy (non-hydrogen) atoms. The summed E-state index contributed by atoms with van der Waals surface area (Å²) in [6, 6.07) is 2.04. The molecule has 0 saturated heterocycles. The summed E-state index contributed by atoms with van der Waals surface area (Å²) in [5.41, 5.74) is 7.91. The first-order valence-corrected chi connectivity index (χ1v) is 5.66. The first kappa shape index (κ1) is 11.1. The van der Waals surface area contributed by atoms with Crippen LogP contribution in [0.2, 0.25) is 0 Å². The standard InChI is InChI=1S/C12H18N3O/c1-15-5-2-3-12(15)10-7-11(9-14-8-10)16-6-4-13/h7-9H,2-6,13H2,1H3/q+1. The molecule has 1 aliphatic rings. The molecular formula is C12H18N3O+. The Bertz CT molecular complexity index is 401. The summed E-state index contributed by atoms with van der Waals surface area (Å²) in [6.45, 7) is 2.19. The second-order valence-corrected chi connectivity index (χ2v) is 4.02. The highest BCUT2D eigenvalue weighted by Gasteiger charge is 2.21. The fourth-order valence-corrected chi connectivity index (χ4v) is 2.01. The maximum Gasteiger partial charge on any atom is 0.185 e. The van der Waals surface area contributed by atoms with Crippen molar-refractivity contribution in [2.45, 2.75) is 12.8 Å². The van der Waals surface area contributed by atoms with E-state index >= 15 is 0 Å². The van der Waals surface area contributed by atoms with Gasteiger partial charge in [-0.3, -0.25) is 4.98 Å². The number of pyridine rings is 1. The smallest absolute Gasteiger partial charge is 0.185 e. The number of nitrogens with zero attached hydrogens (tertiary/aromatic N) is 2. The van der Waals surface area contributed by atoms with Gasteiger partial charge in [0.2, 0.25) is 0 Å². The molecule has 2 heterocycles. The Labute approximate surface area is 95.8 Å². The van der Waals surface area contributed by atoms with Crippen molar-refractivity contribution in [1.82, 2.24) is 4.98 Å². The van der Waals surface area contributed by atoms with Gasteiger partial charge in [0.15, 0.2) is 5.71 Å². The summed E-state index contributed by atoms with van der Waals surface area (Å²) in [4.78, 5) is 4.20. The van der Waals surface area contributed by atoms with E-state index in [2.05, 4.69) is 16.6 Å². The number of ether oxygens (including phenoxy) is 1. The van der Waals surface area contributed by atoms with Crippen LogP contribution >= 0.6 is 0 Å². The minimum atomic E-state index is 0.528. The van der Waals surface area contributed by atoms with Crippen molar-refractivity contribution in [1.29, 1.82) is 0 Å². The average molecular weight is 220 g/mol. The predicted octanol–water partition coefficient (Wildman–Crippen LogP) is 0.644. The Morgan fingerprint density at radius 1 is 1.50 bits per heavy atom. The molecule has 0 atom stereocenters. The molecule has 4 heteroatoms. The number of nitrogens with two attached hydrogens (primary N) is 1. The number of rotatable bonds is 4. The van der Waals surface area contributed by atoms with E-state index < -0.39 is 0 Å². The highest BCUT2D eigenvalue weighted by molar-refractivity contribution is 5.97. The second-order valence-electron chi connectivity index (χ2n) is 4.02. The lowest BCUT2D eigenvalue weighted by molar-refractivity contribution is -0.488. The van der Waals surface area contributed by atoms with E-state index in [9.17, 15) is 0 Å². The van der Waals surface area contributed by atoms with Crippen LogP contribution in [-0.4, -0.2) is 42.0 Å². The SMILES string of the molecule is C[N+]1=C(c2cncc(OCCN)c2)CCC1. The topological polar surface area (TPSA) is 51.2 Å². The number of hydrogen-bond acceptors (Lipinski definition) is 3. The van der Waals surface area contributed by atoms with Gasteiger partial charge in [0.25, 0.3) is 0 Å². The molecule has 0 spiro atoms. The predicted molar refractivity (Wildman–Crippen MR) is 63.2 cm³/mol. The molecule has 0 amide bonds. The van der Waals surface area contributed by atoms with Gasteiger partial charge < -0.3 is 10.5 Å². The van der Waals surface area contributed by atoms with Crippen LogP contribution in [0.25, 0.3) is 0 Å². The Balaban J connectivity index is 2.19. The molecule has 86 valence electrons. The Morgan fingerprint density at radius 3 is 3.06 bits per heavy atom. The largest absolute Gasteiger partial charge is 0.491 e. The zero-order chi connectivity index (χ0) is 11.4. The zero-order valence-corrected chi connectivity index (χ0v) is 9.65. The molecule has 2 rings (SSSR count). The second kappa shape index (κ2) is 5.07. The van der Waals surface area contributed by atoms with Crippen LogP contribution in [0.1, 0.15) is 18.4 Å². The quantitative estimate of drug-likeness (QED) is 0.758. The average Bonchev–Trinajstić information content (AvgIpc) is 2.73. The monoisotopic (exact) mass is 220 g/mol. The maximum absolute atomic E-state index is 5.47. The number of aromatic nitrogens is 1. The van der Waals surface area contributed by atoms with Crippen LogP contribution < -0.4 is 10.5 Å². The van der Waals surface area contributed by atoms with Gasteiger partial charge in [0.05, 0.1) is 11.8 Å². The molecule has 2 N–H and O–H groups in total. The summed E-state index contributed by atoms with van der Waals surface area (Å²) in [7, 11) is 2.12. The molecule has 0 unspecified atom stereocenters. The summed E-state index contributed by atoms with van der Waals surface area (Å²) in [6.07, 6.45) is 5.97. The van der Waals surface area contributed by atoms with Crippen LogP contribution in [-0.2, 0) is 0 Å². The Kier molecular flexibility index (Phi) is 3.51. The first-order chi connectivity index (χ1) is 7.81. The van der Waals surface area contributed by atoms with Crippen molar-refractivity contribution in [3.8, 4) is 5.75 Å². The summed E-state index contributed by atoms with van der Waals surface area (Å²) in [5.74, 6) is 0.802. The Morgan fingerprint density at radius 2 is 2.38 bits per heavy atom. The van der Waals surface area contributed by atoms with Crippen LogP contribution in [0.15, 0.2) is 18.5 Å². The van der Waals surface area contributed by atoms with Crippen LogP contribution in [0, 0.1) is 0 Å². The van der Waals surface area contributed by atoms with Crippen LogP contribution in [0.3, 0.4) is 0 Å². The summed E-state index contributed by atoms with van der Waals surface area (Å²) < 4.78 is 7.75. The van der Waals surface area contributed by atoms with E-state index in [1.165, 1.54) is 12.1 Å². The molecule has 1 aliphatic heterocycles. The molecule has 0 saturated carbocycles. The van der Waals surface area contributed by atoms with Gasteiger partial charge >= 0.3 is 0 Å². The van der Waals surface area contributed by atoms with Crippen LogP contribution in [0.5, 0.6) is 5.75 Å². The molecule has 1 aromatic rings. The molecule has 1 aromatic heterocycles. The fraction of sp³-hybridized carbons (Fsp3) is 0.500. The first-order valence-electron chi connectivity index (χ1n) is 5.66. The third kappa shape index (κ3) is 2.39. The number of hydrogen-bond donors (Lipinski definition) is 1. The third-order valence-electron chi connectivity index (χ3n) is 2.80. The fourth-order valence-electron chi connectivity index (χ4n) is 2.01. The highest BCUT2D eigenvalue weighted by atomic mass is 16.5. The van der Waals surface area contributed by atoms with Crippen molar-refractivity contribution in [3.05, 3.63) is 24.0 Å². The van der Waals surface area contributed by atoms with E-state index in [4.69, 9.17) is 10.5 Å². The van der Waals surface area contributed by atoms with Crippen molar-refractivity contribution in [2.24, 2.45) is 5.73 Å². The van der Waals surface area contributed by atoms with Gasteiger partial charge in [-0.1, -0.05) is 0 Å². The lowest BCUT2D eigenvalue weighted by Gasteiger charge is -2.05. The van der Waals surface area contributed by atoms with Crippen molar-refractivity contribution >= 4 is 5.71 Å². The highest BCUT2D eigenvalue weighted by Crippen LogP contribution is 2.16. The lowest BCUT2D eigenvalue weighted by atomic mass is 10.1. The molecule has 0 radical (unpaired) electrons. The maximum atomic E-state index is 5.47. The molecular weight excluding hydrogens is 202 g/mol. The molecule has 0 aliphatic carbocycles. The zero-order valence-electron chi connectivity index (χ0n) is 9.65. The summed E-state index contributed by atoms with van der Waals surface area (Å²) in [5, 5.41) is 0. The van der Waals surface area contributed by atoms with Gasteiger partial charge in [0.1, 0.15) is 25.9 Å². The van der Waals surface area contributed by atoms with Crippen LogP contribution in [0.4, 0.5) is 0 Å². The van der Waals surface area contributed by atoms with Gasteiger partial charge in [-0.15, -0.1) is 0 Å². The molecule has 0 bridgehead atoms. The van der Waals surface area contributed by atoms with E-state index in [0.29, 0.717) is 13.2 Å². The van der Waals surface area contributed by atoms with Crippen molar-refractivity contribution in [3.63, 3.8) is 0 Å². The van der Waals surface area contributed by atoms with Gasteiger partial charge in [-0.2, -0.15) is 0 Å². The van der Waals surface area contributed by atoms with Gasteiger partial charge in [-0.05, 0) is 6.07 Å². The minimum Gasteiger partial charge on any atom is -0.491 e. The molecule has 0 aromatic carbocycles. The lowest BCUT2D eigenvalue weighted by Crippen LogP contribution is -2.13. The van der Waals surface area contributed by atoms with Crippen molar-refractivity contribution in [2.75, 3.05) is 26.7 Å². The normalized spacial score (nSPS) is 15.6. The van der Waals surface area contributed by atoms with Gasteiger partial charge in [-0.25, -0.2) is 4.58 Å². The summed E-state index contributed by atoms with van der Waals surface area (Å²) >= 11 is 0. The molecule has 0 fully saturated rings. The van der Waals surface area contributed by atoms with Gasteiger partial charge in [0, 0.05) is 25.6 Å². The van der Waals surface area contributed by atoms with E-state index in [1.54, 1.807) is 6.20 Å². The molecule has 4 nitrogen and oxygen atoms in total. The third-order valence-corrected chi connectivity index (χ3v) is 2.80. The van der Waals surface area contributed by atoms with E-state index in [0.717, 1.165) is 24.3 Å². The minimum absolute atomic E-state index is 0.528. The van der Waals surface area contributed by atoms with Crippen molar-refractivity contribution < 1.29 is 9.31 Å². The Hall–Kier alpha value is -1.42. The van der Waals surface area contributed by atoms with E-state index in [-0.39, 0.29) is 0 Å².